The molecule has 13 atom stereocenters. The van der Waals surface area contributed by atoms with E-state index in [0.717, 1.165) is 64.2 Å². The predicted octanol–water partition coefficient (Wildman–Crippen LogP) is 5.02. The Bertz CT molecular complexity index is 1180. The summed E-state index contributed by atoms with van der Waals surface area (Å²) < 4.78 is 12.5. The lowest BCUT2D eigenvalue weighted by Crippen LogP contribution is -2.66. The molecule has 6 aliphatic rings. The summed E-state index contributed by atoms with van der Waals surface area (Å²) >= 11 is 0. The quantitative estimate of drug-likeness (QED) is 0.219. The Kier molecular flexibility index (Phi) is 7.84. The molecule has 1 heterocycles. The SMILES string of the molecule is CC1(C)CC[C@]2(C(=O)O)CC[C@]3(C)C(=CC[C@@H]4[C@@]5(C)CC[C@H](O[C@@H]6O[C@H](CO)[C@@H](O)[C@H](O)[C@H]6N)C(C)(C)[C@@H]5CC[C@]43C)[C@@H]2C1. The molecule has 0 amide bonds. The highest BCUT2D eigenvalue weighted by Gasteiger charge is 2.69. The van der Waals surface area contributed by atoms with Crippen molar-refractivity contribution in [3.8, 4) is 0 Å². The molecule has 5 fully saturated rings. The minimum absolute atomic E-state index is 0.0165. The number of rotatable bonds is 4. The van der Waals surface area contributed by atoms with Gasteiger partial charge in [0.15, 0.2) is 6.29 Å². The zero-order valence-corrected chi connectivity index (χ0v) is 28.1. The monoisotopic (exact) mass is 617 g/mol. The first-order valence-electron chi connectivity index (χ1n) is 17.4. The van der Waals surface area contributed by atoms with Gasteiger partial charge in [0.2, 0.25) is 0 Å². The topological polar surface area (TPSA) is 142 Å². The van der Waals surface area contributed by atoms with Gasteiger partial charge >= 0.3 is 5.97 Å². The van der Waals surface area contributed by atoms with Gasteiger partial charge in [0.1, 0.15) is 18.3 Å². The average Bonchev–Trinajstić information content (AvgIpc) is 2.94. The molecule has 0 spiro atoms. The highest BCUT2D eigenvalue weighted by atomic mass is 16.7. The first-order chi connectivity index (χ1) is 20.4. The van der Waals surface area contributed by atoms with E-state index in [1.807, 2.05) is 0 Å². The van der Waals surface area contributed by atoms with Crippen molar-refractivity contribution in [2.24, 2.45) is 56.0 Å². The molecular weight excluding hydrogens is 558 g/mol. The zero-order valence-electron chi connectivity index (χ0n) is 28.1. The molecule has 0 aromatic heterocycles. The van der Waals surface area contributed by atoms with Crippen molar-refractivity contribution in [2.45, 2.75) is 149 Å². The number of ether oxygens (including phenoxy) is 2. The van der Waals surface area contributed by atoms with Gasteiger partial charge < -0.3 is 35.6 Å². The largest absolute Gasteiger partial charge is 0.481 e. The molecule has 4 saturated carbocycles. The summed E-state index contributed by atoms with van der Waals surface area (Å²) in [5.41, 5.74) is 7.25. The highest BCUT2D eigenvalue weighted by molar-refractivity contribution is 5.76. The van der Waals surface area contributed by atoms with Crippen molar-refractivity contribution in [3.63, 3.8) is 0 Å². The zero-order chi connectivity index (χ0) is 32.3. The van der Waals surface area contributed by atoms with Gasteiger partial charge in [-0.2, -0.15) is 0 Å². The highest BCUT2D eigenvalue weighted by Crippen LogP contribution is 2.76. The molecule has 0 unspecified atom stereocenters. The Labute approximate surface area is 264 Å². The third-order valence-electron chi connectivity index (χ3n) is 15.2. The lowest BCUT2D eigenvalue weighted by Gasteiger charge is -2.71. The third-order valence-corrected chi connectivity index (χ3v) is 15.2. The van der Waals surface area contributed by atoms with Gasteiger partial charge in [-0.1, -0.05) is 60.1 Å². The molecule has 0 aromatic rings. The summed E-state index contributed by atoms with van der Waals surface area (Å²) in [7, 11) is 0. The Morgan fingerprint density at radius 3 is 2.30 bits per heavy atom. The van der Waals surface area contributed by atoms with Crippen LogP contribution in [0.1, 0.15) is 113 Å². The molecule has 5 aliphatic carbocycles. The van der Waals surface area contributed by atoms with Crippen molar-refractivity contribution in [2.75, 3.05) is 6.61 Å². The average molecular weight is 618 g/mol. The van der Waals surface area contributed by atoms with Crippen LogP contribution in [0.5, 0.6) is 0 Å². The van der Waals surface area contributed by atoms with E-state index in [9.17, 15) is 25.2 Å². The van der Waals surface area contributed by atoms with E-state index in [4.69, 9.17) is 15.2 Å². The number of aliphatic hydroxyl groups excluding tert-OH is 3. The van der Waals surface area contributed by atoms with Gasteiger partial charge in [0.05, 0.1) is 24.2 Å². The van der Waals surface area contributed by atoms with Gasteiger partial charge in [-0.3, -0.25) is 4.79 Å². The molecule has 1 saturated heterocycles. The van der Waals surface area contributed by atoms with Crippen molar-refractivity contribution >= 4 is 5.97 Å². The summed E-state index contributed by atoms with van der Waals surface area (Å²) in [4.78, 5) is 12.9. The standard InChI is InChI=1S/C36H59NO7/c1-31(2)14-16-36(30(41)42)17-15-34(6)20(21(36)18-31)8-9-24-33(5)12-11-25(32(3,4)23(33)10-13-35(24,34)7)44-29-26(37)28(40)27(39)22(19-38)43-29/h8,21-29,38-40H,9-19,37H2,1-7H3,(H,41,42)/t21-,22+,23-,24+,25-,26+,27+,28+,29-,33-,34+,35+,36-/m0/s1. The van der Waals surface area contributed by atoms with Crippen LogP contribution in [0.15, 0.2) is 11.6 Å². The van der Waals surface area contributed by atoms with Gasteiger partial charge in [-0.05, 0) is 109 Å². The number of hydrogen-bond donors (Lipinski definition) is 5. The molecule has 8 nitrogen and oxygen atoms in total. The van der Waals surface area contributed by atoms with E-state index in [1.165, 1.54) is 5.57 Å². The Morgan fingerprint density at radius 1 is 0.955 bits per heavy atom. The fourth-order valence-electron chi connectivity index (χ4n) is 12.2. The van der Waals surface area contributed by atoms with Crippen LogP contribution in [0, 0.1) is 50.2 Å². The lowest BCUT2D eigenvalue weighted by atomic mass is 9.33. The first kappa shape index (κ1) is 32.9. The number of carbonyl (C=O) groups is 1. The van der Waals surface area contributed by atoms with Gasteiger partial charge in [-0.25, -0.2) is 0 Å². The number of aliphatic carboxylic acids is 1. The normalized spacial score (nSPS) is 52.9. The van der Waals surface area contributed by atoms with Crippen LogP contribution in [0.25, 0.3) is 0 Å². The van der Waals surface area contributed by atoms with Crippen LogP contribution >= 0.6 is 0 Å². The van der Waals surface area contributed by atoms with Crippen molar-refractivity contribution in [1.82, 2.24) is 0 Å². The van der Waals surface area contributed by atoms with Crippen LogP contribution in [0.2, 0.25) is 0 Å². The Morgan fingerprint density at radius 2 is 1.64 bits per heavy atom. The van der Waals surface area contributed by atoms with Crippen LogP contribution in [-0.4, -0.2) is 69.8 Å². The summed E-state index contributed by atoms with van der Waals surface area (Å²) in [6.45, 7) is 16.4. The smallest absolute Gasteiger partial charge is 0.310 e. The minimum atomic E-state index is -1.25. The summed E-state index contributed by atoms with van der Waals surface area (Å²) in [5.74, 6) is 0.422. The molecule has 44 heavy (non-hydrogen) atoms. The fraction of sp³-hybridized carbons (Fsp3) is 0.917. The number of aliphatic hydroxyl groups is 3. The molecule has 0 aromatic carbocycles. The van der Waals surface area contributed by atoms with E-state index < -0.39 is 48.6 Å². The van der Waals surface area contributed by atoms with Gasteiger partial charge in [0.25, 0.3) is 0 Å². The van der Waals surface area contributed by atoms with Crippen LogP contribution in [-0.2, 0) is 14.3 Å². The first-order valence-corrected chi connectivity index (χ1v) is 17.4. The molecule has 1 aliphatic heterocycles. The summed E-state index contributed by atoms with van der Waals surface area (Å²) in [6.07, 6.45) is 7.56. The van der Waals surface area contributed by atoms with E-state index >= 15 is 0 Å². The molecular formula is C36H59NO7. The fourth-order valence-corrected chi connectivity index (χ4v) is 12.2. The molecule has 6 N–H and O–H groups in total. The van der Waals surface area contributed by atoms with Crippen LogP contribution in [0.3, 0.4) is 0 Å². The Balaban J connectivity index is 1.29. The second-order valence-corrected chi connectivity index (χ2v) is 17.9. The number of carboxylic acids is 1. The Hall–Kier alpha value is -1.03. The molecule has 0 radical (unpaired) electrons. The third kappa shape index (κ3) is 4.40. The lowest BCUT2D eigenvalue weighted by molar-refractivity contribution is -0.303. The molecule has 8 heteroatoms. The summed E-state index contributed by atoms with van der Waals surface area (Å²) in [5, 5.41) is 41.2. The number of allylic oxidation sites excluding steroid dienone is 2. The van der Waals surface area contributed by atoms with Crippen LogP contribution < -0.4 is 5.73 Å². The second kappa shape index (κ2) is 10.5. The predicted molar refractivity (Wildman–Crippen MR) is 167 cm³/mol. The second-order valence-electron chi connectivity index (χ2n) is 17.9. The maximum absolute atomic E-state index is 12.9. The molecule has 250 valence electrons. The van der Waals surface area contributed by atoms with E-state index in [1.54, 1.807) is 0 Å². The van der Waals surface area contributed by atoms with Gasteiger partial charge in [-0.15, -0.1) is 0 Å². The number of nitrogens with two attached hydrogens (primary N) is 1. The maximum atomic E-state index is 12.9. The van der Waals surface area contributed by atoms with E-state index in [0.29, 0.717) is 11.8 Å². The van der Waals surface area contributed by atoms with Crippen molar-refractivity contribution < 1.29 is 34.7 Å². The molecule has 0 bridgehead atoms. The van der Waals surface area contributed by atoms with E-state index in [2.05, 4.69) is 54.5 Å². The van der Waals surface area contributed by atoms with Crippen LogP contribution in [0.4, 0.5) is 0 Å². The number of carboxylic acid groups (broad SMARTS) is 1. The van der Waals surface area contributed by atoms with Crippen molar-refractivity contribution in [3.05, 3.63) is 11.6 Å². The molecule has 6 rings (SSSR count). The summed E-state index contributed by atoms with van der Waals surface area (Å²) in [6, 6.07) is -0.901. The maximum Gasteiger partial charge on any atom is 0.310 e. The van der Waals surface area contributed by atoms with E-state index in [-0.39, 0.29) is 39.1 Å². The minimum Gasteiger partial charge on any atom is -0.481 e. The van der Waals surface area contributed by atoms with Crippen molar-refractivity contribution in [1.29, 1.82) is 0 Å². The van der Waals surface area contributed by atoms with Gasteiger partial charge in [0, 0.05) is 0 Å². The number of hydrogen-bond acceptors (Lipinski definition) is 7. The number of fused-ring (bicyclic) bond motifs is 7.